The molecule has 2 aromatic rings. The normalized spacial score (nSPS) is 25.7. The average Bonchev–Trinajstić information content (AvgIpc) is 3.59. The highest BCUT2D eigenvalue weighted by atomic mass is 32.2. The van der Waals surface area contributed by atoms with Crippen molar-refractivity contribution in [3.05, 3.63) is 41.2 Å². The van der Waals surface area contributed by atoms with E-state index in [4.69, 9.17) is 14.5 Å². The third kappa shape index (κ3) is 5.24. The maximum Gasteiger partial charge on any atom is 0.253 e. The molecule has 1 aromatic heterocycles. The maximum absolute atomic E-state index is 14.9. The van der Waals surface area contributed by atoms with Crippen LogP contribution in [0.3, 0.4) is 0 Å². The van der Waals surface area contributed by atoms with Gasteiger partial charge in [-0.2, -0.15) is 4.31 Å². The van der Waals surface area contributed by atoms with Crippen molar-refractivity contribution in [2.75, 3.05) is 19.7 Å². The van der Waals surface area contributed by atoms with Gasteiger partial charge in [0.1, 0.15) is 23.3 Å². The number of nitrogens with zero attached hydrogens (tertiary/aromatic N) is 3. The number of piperidine rings is 1. The van der Waals surface area contributed by atoms with Crippen LogP contribution >= 0.6 is 0 Å². The van der Waals surface area contributed by atoms with E-state index in [1.165, 1.54) is 22.9 Å². The van der Waals surface area contributed by atoms with Gasteiger partial charge in [-0.3, -0.25) is 9.79 Å². The predicted molar refractivity (Wildman–Crippen MR) is 150 cm³/mol. The Balaban J connectivity index is 1.16. The fourth-order valence-corrected chi connectivity index (χ4v) is 7.64. The summed E-state index contributed by atoms with van der Waals surface area (Å²) < 4.78 is 56.3. The maximum atomic E-state index is 14.9. The second-order valence-electron chi connectivity index (χ2n) is 11.9. The molecule has 1 amide bonds. The molecular weight excluding hydrogens is 535 g/mol. The molecule has 3 fully saturated rings. The molecule has 1 N–H and O–H groups in total. The largest absolute Gasteiger partial charge is 0.348 e. The number of hydrogen-bond donors (Lipinski definition) is 1. The Bertz CT molecular complexity index is 1470. The highest BCUT2D eigenvalue weighted by Gasteiger charge is 2.48. The minimum absolute atomic E-state index is 0.114. The van der Waals surface area contributed by atoms with E-state index in [9.17, 15) is 17.6 Å². The Kier molecular flexibility index (Phi) is 7.13. The summed E-state index contributed by atoms with van der Waals surface area (Å²) in [7, 11) is -3.83. The Morgan fingerprint density at radius 2 is 1.90 bits per heavy atom. The standard InChI is InChI=1S/C29H37FN4O5S/c1-28(2)38-19-21(39-28)18-33-14-10-23-22(24(30)8-9-25(23)33)11-17-40(36,37)34-15-12-29(13-16-34)27(35)31-26(32-29)20-6-4-3-5-7-20/h8-11,14,17,20-21H,3-7,12-13,15-16,18-19H2,1-2H3,(H,31,32,35). The van der Waals surface area contributed by atoms with Gasteiger partial charge >= 0.3 is 0 Å². The number of sulfonamides is 1. The topological polar surface area (TPSA) is 102 Å². The number of aliphatic imine (C=N–C) groups is 1. The lowest BCUT2D eigenvalue weighted by Crippen LogP contribution is -2.50. The highest BCUT2D eigenvalue weighted by Crippen LogP contribution is 2.35. The first-order valence-electron chi connectivity index (χ1n) is 14.2. The van der Waals surface area contributed by atoms with Gasteiger partial charge in [0, 0.05) is 47.1 Å². The van der Waals surface area contributed by atoms with Crippen molar-refractivity contribution in [2.45, 2.75) is 82.8 Å². The van der Waals surface area contributed by atoms with Crippen LogP contribution in [0, 0.1) is 11.7 Å². The summed E-state index contributed by atoms with van der Waals surface area (Å²) in [6.07, 6.45) is 9.29. The molecule has 0 radical (unpaired) electrons. The second kappa shape index (κ2) is 10.3. The predicted octanol–water partition coefficient (Wildman–Crippen LogP) is 4.18. The van der Waals surface area contributed by atoms with Gasteiger partial charge in [0.15, 0.2) is 5.79 Å². The van der Waals surface area contributed by atoms with Crippen molar-refractivity contribution in [3.63, 3.8) is 0 Å². The lowest BCUT2D eigenvalue weighted by atomic mass is 9.88. The van der Waals surface area contributed by atoms with Crippen LogP contribution < -0.4 is 5.32 Å². The molecule has 1 unspecified atom stereocenters. The molecule has 1 aliphatic carbocycles. The summed E-state index contributed by atoms with van der Waals surface area (Å²) in [5, 5.41) is 4.70. The third-order valence-electron chi connectivity index (χ3n) is 8.72. The van der Waals surface area contributed by atoms with Crippen LogP contribution in [-0.2, 0) is 30.8 Å². The zero-order valence-corrected chi connectivity index (χ0v) is 23.9. The fourth-order valence-electron chi connectivity index (χ4n) is 6.47. The van der Waals surface area contributed by atoms with Gasteiger partial charge in [-0.25, -0.2) is 12.8 Å². The van der Waals surface area contributed by atoms with Gasteiger partial charge < -0.3 is 19.4 Å². The molecule has 1 spiro atoms. The summed E-state index contributed by atoms with van der Waals surface area (Å²) in [6, 6.07) is 4.83. The molecule has 40 heavy (non-hydrogen) atoms. The average molecular weight is 573 g/mol. The number of carbonyl (C=O) groups is 1. The number of benzene rings is 1. The molecule has 1 saturated carbocycles. The van der Waals surface area contributed by atoms with Crippen molar-refractivity contribution in [3.8, 4) is 0 Å². The zero-order chi connectivity index (χ0) is 28.1. The Hall–Kier alpha value is -2.60. The monoisotopic (exact) mass is 572 g/mol. The van der Waals surface area contributed by atoms with Crippen molar-refractivity contribution >= 4 is 38.7 Å². The van der Waals surface area contributed by atoms with Crippen molar-refractivity contribution in [1.29, 1.82) is 0 Å². The van der Waals surface area contributed by atoms with Gasteiger partial charge in [-0.05, 0) is 63.8 Å². The third-order valence-corrected chi connectivity index (χ3v) is 10.3. The van der Waals surface area contributed by atoms with Crippen molar-refractivity contribution in [2.24, 2.45) is 10.9 Å². The molecule has 216 valence electrons. The minimum Gasteiger partial charge on any atom is -0.348 e. The Labute approximate surface area is 234 Å². The van der Waals surface area contributed by atoms with Gasteiger partial charge in [-0.15, -0.1) is 0 Å². The van der Waals surface area contributed by atoms with E-state index < -0.39 is 27.2 Å². The summed E-state index contributed by atoms with van der Waals surface area (Å²) in [5.41, 5.74) is 0.117. The van der Waals surface area contributed by atoms with Crippen molar-refractivity contribution in [1.82, 2.24) is 14.2 Å². The molecule has 9 nitrogen and oxygen atoms in total. The molecule has 1 aromatic carbocycles. The summed E-state index contributed by atoms with van der Waals surface area (Å²) in [5.74, 6) is -0.172. The first-order valence-corrected chi connectivity index (χ1v) is 15.7. The summed E-state index contributed by atoms with van der Waals surface area (Å²) in [6.45, 7) is 5.10. The van der Waals surface area contributed by atoms with Crippen LogP contribution in [0.25, 0.3) is 17.0 Å². The number of halogens is 1. The quantitative estimate of drug-likeness (QED) is 0.560. The zero-order valence-electron chi connectivity index (χ0n) is 23.1. The van der Waals surface area contributed by atoms with Crippen LogP contribution in [0.15, 0.2) is 34.8 Å². The molecular formula is C29H37FN4O5S. The van der Waals surface area contributed by atoms with E-state index in [0.717, 1.165) is 42.4 Å². The Morgan fingerprint density at radius 1 is 1.15 bits per heavy atom. The van der Waals surface area contributed by atoms with Crippen LogP contribution in [-0.4, -0.2) is 66.2 Å². The molecule has 4 heterocycles. The van der Waals surface area contributed by atoms with Gasteiger partial charge in [-0.1, -0.05) is 19.3 Å². The number of carbonyl (C=O) groups excluding carboxylic acids is 1. The molecule has 6 rings (SSSR count). The summed E-state index contributed by atoms with van der Waals surface area (Å²) >= 11 is 0. The number of hydrogen-bond acceptors (Lipinski definition) is 6. The number of rotatable bonds is 6. The molecule has 11 heteroatoms. The lowest BCUT2D eigenvalue weighted by Gasteiger charge is -2.34. The van der Waals surface area contributed by atoms with E-state index in [2.05, 4.69) is 5.32 Å². The van der Waals surface area contributed by atoms with Crippen LogP contribution in [0.2, 0.25) is 0 Å². The van der Waals surface area contributed by atoms with E-state index >= 15 is 0 Å². The minimum atomic E-state index is -3.83. The lowest BCUT2D eigenvalue weighted by molar-refractivity contribution is -0.139. The summed E-state index contributed by atoms with van der Waals surface area (Å²) in [4.78, 5) is 17.7. The van der Waals surface area contributed by atoms with Crippen LogP contribution in [0.5, 0.6) is 0 Å². The number of aromatic nitrogens is 1. The van der Waals surface area contributed by atoms with Gasteiger partial charge in [0.05, 0.1) is 13.2 Å². The van der Waals surface area contributed by atoms with E-state index in [1.54, 1.807) is 12.1 Å². The number of ether oxygens (including phenoxy) is 2. The molecule has 1 atom stereocenters. The molecule has 2 saturated heterocycles. The van der Waals surface area contributed by atoms with E-state index in [1.807, 2.05) is 24.6 Å². The Morgan fingerprint density at radius 3 is 2.60 bits per heavy atom. The van der Waals surface area contributed by atoms with Gasteiger partial charge in [0.25, 0.3) is 5.91 Å². The number of fused-ring (bicyclic) bond motifs is 1. The number of amides is 1. The first kappa shape index (κ1) is 27.6. The number of nitrogens with one attached hydrogen (secondary N) is 1. The first-order chi connectivity index (χ1) is 19.1. The van der Waals surface area contributed by atoms with Crippen LogP contribution in [0.1, 0.15) is 64.4 Å². The van der Waals surface area contributed by atoms with Crippen molar-refractivity contribution < 1.29 is 27.1 Å². The molecule has 4 aliphatic rings. The SMILES string of the molecule is CC1(C)OCC(Cn2ccc3c(C=CS(=O)(=O)N4CCC5(CC4)N=C(C4CCCCC4)NC5=O)c(F)ccc32)O1. The van der Waals surface area contributed by atoms with Crippen LogP contribution in [0.4, 0.5) is 4.39 Å². The van der Waals surface area contributed by atoms with E-state index in [0.29, 0.717) is 37.3 Å². The van der Waals surface area contributed by atoms with Gasteiger partial charge in [0.2, 0.25) is 10.0 Å². The second-order valence-corrected chi connectivity index (χ2v) is 13.7. The molecule has 3 aliphatic heterocycles. The fraction of sp³-hybridized carbons (Fsp3) is 0.586. The van der Waals surface area contributed by atoms with E-state index in [-0.39, 0.29) is 30.7 Å². The molecule has 0 bridgehead atoms. The highest BCUT2D eigenvalue weighted by molar-refractivity contribution is 7.92. The smallest absolute Gasteiger partial charge is 0.253 e. The number of amidine groups is 1.